The number of nitrogens with zero attached hydrogens (tertiary/aromatic N) is 3. The molecule has 148 valence electrons. The van der Waals surface area contributed by atoms with Gasteiger partial charge in [-0.2, -0.15) is 0 Å². The van der Waals surface area contributed by atoms with Gasteiger partial charge in [-0.1, -0.05) is 37.0 Å². The first kappa shape index (κ1) is 19.4. The number of aromatic hydroxyl groups is 1. The third-order valence-corrected chi connectivity index (χ3v) is 4.72. The van der Waals surface area contributed by atoms with Crippen LogP contribution in [0.4, 0.5) is 17.2 Å². The van der Waals surface area contributed by atoms with Gasteiger partial charge in [0.05, 0.1) is 5.52 Å². The molecule has 2 N–H and O–H groups in total. The molecule has 1 heterocycles. The van der Waals surface area contributed by atoms with E-state index in [-0.39, 0.29) is 5.75 Å². The van der Waals surface area contributed by atoms with Gasteiger partial charge < -0.3 is 10.2 Å². The molecule has 0 radical (unpaired) electrons. The summed E-state index contributed by atoms with van der Waals surface area (Å²) in [4.78, 5) is 11.0. The summed E-state index contributed by atoms with van der Waals surface area (Å²) in [5, 5.41) is 20.3. The molecule has 0 saturated heterocycles. The minimum absolute atomic E-state index is 0.200. The van der Waals surface area contributed by atoms with Crippen LogP contribution in [0.25, 0.3) is 10.9 Å². The summed E-state index contributed by atoms with van der Waals surface area (Å²) in [6.07, 6.45) is 1.47. The van der Waals surface area contributed by atoms with E-state index in [1.165, 1.54) is 0 Å². The molecule has 30 heavy (non-hydrogen) atoms. The summed E-state index contributed by atoms with van der Waals surface area (Å²) < 4.78 is 0. The fourth-order valence-electron chi connectivity index (χ4n) is 3.14. The molecule has 0 aliphatic heterocycles. The van der Waals surface area contributed by atoms with E-state index in [0.717, 1.165) is 27.8 Å². The summed E-state index contributed by atoms with van der Waals surface area (Å²) in [5.41, 5.74) is 3.36. The number of rotatable bonds is 4. The number of aromatic nitrogens is 2. The van der Waals surface area contributed by atoms with Crippen LogP contribution in [0, 0.1) is 11.8 Å². The standard InChI is InChI=1S/C25H21N3O2/c1-2-21(29)12-8-18-9-15-24-23(16-18)25(27-17-26-24)28(19-6-4-3-5-7-19)20-10-13-22(30)14-11-20/h3-7,9-11,13-17,21,29-30H,2H2,1H3. The van der Waals surface area contributed by atoms with Crippen molar-refractivity contribution in [1.82, 2.24) is 9.97 Å². The number of aliphatic hydroxyl groups excluding tert-OH is 1. The Labute approximate surface area is 175 Å². The number of hydrogen-bond acceptors (Lipinski definition) is 5. The average Bonchev–Trinajstić information content (AvgIpc) is 2.79. The summed E-state index contributed by atoms with van der Waals surface area (Å²) in [6, 6.07) is 22.6. The monoisotopic (exact) mass is 395 g/mol. The molecule has 0 bridgehead atoms. The zero-order valence-electron chi connectivity index (χ0n) is 16.5. The van der Waals surface area contributed by atoms with Crippen molar-refractivity contribution in [2.45, 2.75) is 19.4 Å². The lowest BCUT2D eigenvalue weighted by atomic mass is 10.1. The Morgan fingerprint density at radius 1 is 0.933 bits per heavy atom. The van der Waals surface area contributed by atoms with Crippen LogP contribution >= 0.6 is 0 Å². The van der Waals surface area contributed by atoms with Crippen molar-refractivity contribution in [2.75, 3.05) is 4.90 Å². The van der Waals surface area contributed by atoms with Gasteiger partial charge in [0, 0.05) is 22.3 Å². The Morgan fingerprint density at radius 3 is 2.40 bits per heavy atom. The molecule has 5 nitrogen and oxygen atoms in total. The molecule has 1 atom stereocenters. The van der Waals surface area contributed by atoms with Gasteiger partial charge in [-0.25, -0.2) is 9.97 Å². The van der Waals surface area contributed by atoms with Gasteiger partial charge in [-0.15, -0.1) is 0 Å². The van der Waals surface area contributed by atoms with Crippen LogP contribution in [0.1, 0.15) is 18.9 Å². The first-order valence-corrected chi connectivity index (χ1v) is 9.74. The van der Waals surface area contributed by atoms with E-state index in [0.29, 0.717) is 12.2 Å². The molecule has 0 saturated carbocycles. The number of benzene rings is 3. The zero-order chi connectivity index (χ0) is 20.9. The number of aliphatic hydroxyl groups is 1. The fourth-order valence-corrected chi connectivity index (χ4v) is 3.14. The third-order valence-electron chi connectivity index (χ3n) is 4.72. The number of fused-ring (bicyclic) bond motifs is 1. The first-order chi connectivity index (χ1) is 14.7. The first-order valence-electron chi connectivity index (χ1n) is 9.74. The molecule has 4 rings (SSSR count). The maximum Gasteiger partial charge on any atom is 0.148 e. The zero-order valence-corrected chi connectivity index (χ0v) is 16.5. The number of para-hydroxylation sites is 1. The maximum absolute atomic E-state index is 9.77. The van der Waals surface area contributed by atoms with Gasteiger partial charge in [0.1, 0.15) is 24.0 Å². The summed E-state index contributed by atoms with van der Waals surface area (Å²) >= 11 is 0. The quantitative estimate of drug-likeness (QED) is 0.480. The van der Waals surface area contributed by atoms with E-state index in [1.807, 2.05) is 72.5 Å². The van der Waals surface area contributed by atoms with E-state index in [4.69, 9.17) is 0 Å². The molecule has 1 unspecified atom stereocenters. The van der Waals surface area contributed by atoms with E-state index < -0.39 is 6.10 Å². The predicted molar refractivity (Wildman–Crippen MR) is 119 cm³/mol. The highest BCUT2D eigenvalue weighted by atomic mass is 16.3. The van der Waals surface area contributed by atoms with Gasteiger partial charge >= 0.3 is 0 Å². The maximum atomic E-state index is 9.77. The van der Waals surface area contributed by atoms with Crippen molar-refractivity contribution in [3.05, 3.63) is 84.7 Å². The van der Waals surface area contributed by atoms with E-state index in [2.05, 4.69) is 21.8 Å². The molecule has 0 aliphatic rings. The summed E-state index contributed by atoms with van der Waals surface area (Å²) in [7, 11) is 0. The van der Waals surface area contributed by atoms with E-state index >= 15 is 0 Å². The Morgan fingerprint density at radius 2 is 1.67 bits per heavy atom. The van der Waals surface area contributed by atoms with Crippen molar-refractivity contribution in [1.29, 1.82) is 0 Å². The van der Waals surface area contributed by atoms with Crippen LogP contribution < -0.4 is 4.90 Å². The van der Waals surface area contributed by atoms with Crippen LogP contribution in [-0.4, -0.2) is 26.3 Å². The minimum atomic E-state index is -0.648. The van der Waals surface area contributed by atoms with E-state index in [1.54, 1.807) is 18.5 Å². The molecule has 0 aliphatic carbocycles. The number of hydrogen-bond donors (Lipinski definition) is 2. The van der Waals surface area contributed by atoms with Crippen LogP contribution in [-0.2, 0) is 0 Å². The molecule has 4 aromatic rings. The van der Waals surface area contributed by atoms with Crippen molar-refractivity contribution < 1.29 is 10.2 Å². The third kappa shape index (κ3) is 4.09. The summed E-state index contributed by atoms with van der Waals surface area (Å²) in [6.45, 7) is 1.89. The fraction of sp³-hybridized carbons (Fsp3) is 0.120. The highest BCUT2D eigenvalue weighted by Gasteiger charge is 2.17. The normalized spacial score (nSPS) is 11.5. The van der Waals surface area contributed by atoms with Gasteiger partial charge in [0.15, 0.2) is 0 Å². The van der Waals surface area contributed by atoms with Crippen LogP contribution in [0.15, 0.2) is 79.1 Å². The molecule has 3 aromatic carbocycles. The highest BCUT2D eigenvalue weighted by Crippen LogP contribution is 2.37. The Hall–Kier alpha value is -3.88. The molecular formula is C25H21N3O2. The SMILES string of the molecule is CCC(O)C#Cc1ccc2ncnc(N(c3ccccc3)c3ccc(O)cc3)c2c1. The highest BCUT2D eigenvalue weighted by molar-refractivity contribution is 5.95. The lowest BCUT2D eigenvalue weighted by molar-refractivity contribution is 0.228. The Kier molecular flexibility index (Phi) is 5.60. The molecule has 1 aromatic heterocycles. The largest absolute Gasteiger partial charge is 0.508 e. The Bertz CT molecular complexity index is 1210. The van der Waals surface area contributed by atoms with Gasteiger partial charge in [0.2, 0.25) is 0 Å². The second-order valence-electron chi connectivity index (χ2n) is 6.81. The topological polar surface area (TPSA) is 69.5 Å². The van der Waals surface area contributed by atoms with Crippen molar-refractivity contribution in [2.24, 2.45) is 0 Å². The van der Waals surface area contributed by atoms with Gasteiger partial charge in [-0.05, 0) is 61.0 Å². The lowest BCUT2D eigenvalue weighted by Gasteiger charge is -2.25. The predicted octanol–water partition coefficient (Wildman–Crippen LogP) is 4.93. The smallest absolute Gasteiger partial charge is 0.148 e. The number of anilines is 3. The number of phenols is 1. The molecule has 5 heteroatoms. The van der Waals surface area contributed by atoms with E-state index in [9.17, 15) is 10.2 Å². The lowest BCUT2D eigenvalue weighted by Crippen LogP contribution is -2.12. The van der Waals surface area contributed by atoms with Crippen LogP contribution in [0.2, 0.25) is 0 Å². The second kappa shape index (κ2) is 8.64. The molecule has 0 fully saturated rings. The van der Waals surface area contributed by atoms with Crippen molar-refractivity contribution in [3.63, 3.8) is 0 Å². The van der Waals surface area contributed by atoms with Crippen molar-refractivity contribution >= 4 is 28.1 Å². The van der Waals surface area contributed by atoms with Crippen molar-refractivity contribution in [3.8, 4) is 17.6 Å². The van der Waals surface area contributed by atoms with Crippen LogP contribution in [0.3, 0.4) is 0 Å². The molecule has 0 amide bonds. The minimum Gasteiger partial charge on any atom is -0.508 e. The second-order valence-corrected chi connectivity index (χ2v) is 6.81. The molecule has 0 spiro atoms. The van der Waals surface area contributed by atoms with Gasteiger partial charge in [0.25, 0.3) is 0 Å². The average molecular weight is 395 g/mol. The number of phenolic OH excluding ortho intramolecular Hbond substituents is 1. The molecular weight excluding hydrogens is 374 g/mol. The van der Waals surface area contributed by atoms with Crippen LogP contribution in [0.5, 0.6) is 5.75 Å². The van der Waals surface area contributed by atoms with Gasteiger partial charge in [-0.3, -0.25) is 4.90 Å². The summed E-state index contributed by atoms with van der Waals surface area (Å²) in [5.74, 6) is 6.79. The Balaban J connectivity index is 1.90.